The standard InChI is InChI=1S/C13H13ClN2O3S/c14-12-5-4-11(9-13(12)17)16-20(18,19)8-6-10-3-1-2-7-15-10/h1-5,7,9,16-17H,6,8H2. The molecule has 0 unspecified atom stereocenters. The number of sulfonamides is 1. The lowest BCUT2D eigenvalue weighted by atomic mass is 10.3. The first-order valence-corrected chi connectivity index (χ1v) is 7.88. The average molecular weight is 313 g/mol. The van der Waals surface area contributed by atoms with Crippen LogP contribution in [0.5, 0.6) is 5.75 Å². The molecule has 2 aromatic rings. The fraction of sp³-hybridized carbons (Fsp3) is 0.154. The summed E-state index contributed by atoms with van der Waals surface area (Å²) in [6, 6.07) is 9.52. The third-order valence-corrected chi connectivity index (χ3v) is 4.18. The summed E-state index contributed by atoms with van der Waals surface area (Å²) in [5, 5.41) is 9.60. The van der Waals surface area contributed by atoms with Gasteiger partial charge in [0.1, 0.15) is 5.75 Å². The second kappa shape index (κ2) is 6.11. The van der Waals surface area contributed by atoms with Crippen LogP contribution in [0.3, 0.4) is 0 Å². The number of nitrogens with one attached hydrogen (secondary N) is 1. The van der Waals surface area contributed by atoms with Gasteiger partial charge in [0.2, 0.25) is 10.0 Å². The summed E-state index contributed by atoms with van der Waals surface area (Å²) in [7, 11) is -3.51. The number of benzene rings is 1. The molecule has 2 rings (SSSR count). The number of phenols is 1. The maximum atomic E-state index is 11.9. The molecule has 0 amide bonds. The Balaban J connectivity index is 2.02. The average Bonchev–Trinajstić information content (AvgIpc) is 2.42. The Morgan fingerprint density at radius 3 is 2.70 bits per heavy atom. The second-order valence-corrected chi connectivity index (χ2v) is 6.41. The predicted octanol–water partition coefficient (Wildman–Crippen LogP) is 2.42. The van der Waals surface area contributed by atoms with Crippen molar-refractivity contribution < 1.29 is 13.5 Å². The highest BCUT2D eigenvalue weighted by Gasteiger charge is 2.12. The van der Waals surface area contributed by atoms with Crippen LogP contribution in [0.25, 0.3) is 0 Å². The van der Waals surface area contributed by atoms with Crippen LogP contribution in [-0.4, -0.2) is 24.3 Å². The molecule has 2 N–H and O–H groups in total. The predicted molar refractivity (Wildman–Crippen MR) is 78.5 cm³/mol. The number of anilines is 1. The van der Waals surface area contributed by atoms with E-state index in [-0.39, 0.29) is 22.2 Å². The Labute approximate surface area is 122 Å². The van der Waals surface area contributed by atoms with Gasteiger partial charge in [-0.05, 0) is 24.3 Å². The monoisotopic (exact) mass is 312 g/mol. The van der Waals surface area contributed by atoms with E-state index in [1.165, 1.54) is 18.2 Å². The second-order valence-electron chi connectivity index (χ2n) is 4.16. The molecule has 0 saturated heterocycles. The van der Waals surface area contributed by atoms with E-state index in [4.69, 9.17) is 11.6 Å². The first kappa shape index (κ1) is 14.6. The van der Waals surface area contributed by atoms with Crippen LogP contribution in [0.15, 0.2) is 42.6 Å². The van der Waals surface area contributed by atoms with Crippen LogP contribution in [0.2, 0.25) is 5.02 Å². The summed E-state index contributed by atoms with van der Waals surface area (Å²) in [5.74, 6) is -0.260. The van der Waals surface area contributed by atoms with Crippen molar-refractivity contribution in [2.24, 2.45) is 0 Å². The third-order valence-electron chi connectivity index (χ3n) is 2.57. The van der Waals surface area contributed by atoms with Crippen LogP contribution in [0.1, 0.15) is 5.69 Å². The van der Waals surface area contributed by atoms with Gasteiger partial charge in [-0.1, -0.05) is 17.7 Å². The SMILES string of the molecule is O=S(=O)(CCc1ccccn1)Nc1ccc(Cl)c(O)c1. The zero-order valence-electron chi connectivity index (χ0n) is 10.5. The first-order valence-electron chi connectivity index (χ1n) is 5.85. The number of hydrogen-bond acceptors (Lipinski definition) is 4. The Bertz CT molecular complexity index is 690. The van der Waals surface area contributed by atoms with Gasteiger partial charge in [0, 0.05) is 24.4 Å². The van der Waals surface area contributed by atoms with E-state index in [9.17, 15) is 13.5 Å². The molecule has 106 valence electrons. The van der Waals surface area contributed by atoms with Gasteiger partial charge in [-0.15, -0.1) is 0 Å². The zero-order valence-corrected chi connectivity index (χ0v) is 12.0. The minimum atomic E-state index is -3.51. The Morgan fingerprint density at radius 2 is 2.05 bits per heavy atom. The van der Waals surface area contributed by atoms with E-state index in [0.717, 1.165) is 0 Å². The van der Waals surface area contributed by atoms with Crippen molar-refractivity contribution in [3.8, 4) is 5.75 Å². The summed E-state index contributed by atoms with van der Waals surface area (Å²) in [5.41, 5.74) is 0.977. The number of nitrogens with zero attached hydrogens (tertiary/aromatic N) is 1. The topological polar surface area (TPSA) is 79.3 Å². The van der Waals surface area contributed by atoms with Crippen LogP contribution in [0, 0.1) is 0 Å². The Morgan fingerprint density at radius 1 is 1.25 bits per heavy atom. The molecule has 1 aromatic heterocycles. The molecule has 0 radical (unpaired) electrons. The number of halogens is 1. The number of aromatic nitrogens is 1. The minimum absolute atomic E-state index is 0.0899. The summed E-state index contributed by atoms with van der Waals surface area (Å²) in [6.07, 6.45) is 1.93. The largest absolute Gasteiger partial charge is 0.506 e. The van der Waals surface area contributed by atoms with Crippen molar-refractivity contribution in [3.63, 3.8) is 0 Å². The maximum Gasteiger partial charge on any atom is 0.233 e. The molecule has 0 spiro atoms. The molecule has 0 fully saturated rings. The number of hydrogen-bond donors (Lipinski definition) is 2. The van der Waals surface area contributed by atoms with Crippen molar-refractivity contribution in [3.05, 3.63) is 53.3 Å². The van der Waals surface area contributed by atoms with Gasteiger partial charge in [0.15, 0.2) is 0 Å². The van der Waals surface area contributed by atoms with E-state index in [1.54, 1.807) is 24.4 Å². The molecule has 0 saturated carbocycles. The van der Waals surface area contributed by atoms with Crippen LogP contribution < -0.4 is 4.72 Å². The number of pyridine rings is 1. The lowest BCUT2D eigenvalue weighted by Crippen LogP contribution is -2.18. The smallest absolute Gasteiger partial charge is 0.233 e. The highest BCUT2D eigenvalue weighted by atomic mass is 35.5. The number of aryl methyl sites for hydroxylation is 1. The summed E-state index contributed by atoms with van der Waals surface area (Å²) < 4.78 is 26.2. The maximum absolute atomic E-state index is 11.9. The van der Waals surface area contributed by atoms with Crippen molar-refractivity contribution in [2.75, 3.05) is 10.5 Å². The van der Waals surface area contributed by atoms with Crippen LogP contribution in [0.4, 0.5) is 5.69 Å². The number of aromatic hydroxyl groups is 1. The molecule has 20 heavy (non-hydrogen) atoms. The Hall–Kier alpha value is -1.79. The van der Waals surface area contributed by atoms with E-state index in [2.05, 4.69) is 9.71 Å². The summed E-state index contributed by atoms with van der Waals surface area (Å²) in [6.45, 7) is 0. The molecule has 7 heteroatoms. The van der Waals surface area contributed by atoms with Crippen molar-refractivity contribution >= 4 is 27.3 Å². The van der Waals surface area contributed by atoms with Crippen molar-refractivity contribution in [2.45, 2.75) is 6.42 Å². The molecule has 0 aliphatic rings. The quantitative estimate of drug-likeness (QED) is 0.888. The lowest BCUT2D eigenvalue weighted by molar-refractivity contribution is 0.476. The van der Waals surface area contributed by atoms with Crippen molar-refractivity contribution in [1.82, 2.24) is 4.98 Å². The number of rotatable bonds is 5. The molecule has 1 heterocycles. The summed E-state index contributed by atoms with van der Waals surface area (Å²) >= 11 is 5.66. The summed E-state index contributed by atoms with van der Waals surface area (Å²) in [4.78, 5) is 4.06. The molecular weight excluding hydrogens is 300 g/mol. The van der Waals surface area contributed by atoms with Gasteiger partial charge in [-0.3, -0.25) is 9.71 Å². The molecule has 0 aliphatic carbocycles. The van der Waals surface area contributed by atoms with Gasteiger partial charge in [-0.25, -0.2) is 8.42 Å². The molecule has 0 atom stereocenters. The van der Waals surface area contributed by atoms with Gasteiger partial charge in [0.05, 0.1) is 16.5 Å². The first-order chi connectivity index (χ1) is 9.46. The normalized spacial score (nSPS) is 11.2. The zero-order chi connectivity index (χ0) is 14.6. The lowest BCUT2D eigenvalue weighted by Gasteiger charge is -2.08. The van der Waals surface area contributed by atoms with Crippen LogP contribution in [-0.2, 0) is 16.4 Å². The van der Waals surface area contributed by atoms with E-state index in [0.29, 0.717) is 12.1 Å². The van der Waals surface area contributed by atoms with Crippen molar-refractivity contribution in [1.29, 1.82) is 0 Å². The third kappa shape index (κ3) is 4.11. The molecular formula is C13H13ClN2O3S. The molecule has 1 aromatic carbocycles. The highest BCUT2D eigenvalue weighted by Crippen LogP contribution is 2.26. The Kier molecular flexibility index (Phi) is 4.46. The van der Waals surface area contributed by atoms with Gasteiger partial charge in [-0.2, -0.15) is 0 Å². The van der Waals surface area contributed by atoms with Gasteiger partial charge in [0.25, 0.3) is 0 Å². The van der Waals surface area contributed by atoms with E-state index in [1.807, 2.05) is 0 Å². The molecule has 0 bridgehead atoms. The fourth-order valence-corrected chi connectivity index (χ4v) is 2.78. The number of phenolic OH excluding ortho intramolecular Hbond substituents is 1. The van der Waals surface area contributed by atoms with Gasteiger partial charge >= 0.3 is 0 Å². The van der Waals surface area contributed by atoms with E-state index >= 15 is 0 Å². The molecule has 0 aliphatic heterocycles. The minimum Gasteiger partial charge on any atom is -0.506 e. The van der Waals surface area contributed by atoms with Crippen LogP contribution >= 0.6 is 11.6 Å². The van der Waals surface area contributed by atoms with E-state index < -0.39 is 10.0 Å². The highest BCUT2D eigenvalue weighted by molar-refractivity contribution is 7.92. The van der Waals surface area contributed by atoms with Gasteiger partial charge < -0.3 is 5.11 Å². The molecule has 5 nitrogen and oxygen atoms in total. The fourth-order valence-electron chi connectivity index (χ4n) is 1.59.